The molecule has 1 heterocycles. The van der Waals surface area contributed by atoms with Gasteiger partial charge in [-0.05, 0) is 25.0 Å². The maximum atomic E-state index is 12.7. The van der Waals surface area contributed by atoms with Crippen LogP contribution in [0.25, 0.3) is 0 Å². The lowest BCUT2D eigenvalue weighted by molar-refractivity contribution is -0.136. The van der Waals surface area contributed by atoms with Crippen LogP contribution in [0.2, 0.25) is 0 Å². The third-order valence-corrected chi connectivity index (χ3v) is 2.56. The summed E-state index contributed by atoms with van der Waals surface area (Å²) < 4.78 is 12.7. The molecule has 0 atom stereocenters. The molecule has 16 heavy (non-hydrogen) atoms. The Labute approximate surface area is 92.7 Å². The number of aromatic nitrogens is 1. The van der Waals surface area contributed by atoms with Crippen LogP contribution >= 0.6 is 0 Å². The fraction of sp³-hybridized carbons (Fsp3) is 0.455. The van der Waals surface area contributed by atoms with Crippen LogP contribution in [0.4, 0.5) is 10.2 Å². The van der Waals surface area contributed by atoms with E-state index >= 15 is 0 Å². The monoisotopic (exact) mass is 224 g/mol. The highest BCUT2D eigenvalue weighted by atomic mass is 19.1. The van der Waals surface area contributed by atoms with E-state index in [9.17, 15) is 9.18 Å². The molecule has 0 aliphatic heterocycles. The van der Waals surface area contributed by atoms with Crippen LogP contribution in [0.15, 0.2) is 18.3 Å². The van der Waals surface area contributed by atoms with Gasteiger partial charge < -0.3 is 10.0 Å². The first-order valence-corrected chi connectivity index (χ1v) is 5.27. The van der Waals surface area contributed by atoms with Gasteiger partial charge in [0.15, 0.2) is 0 Å². The first-order chi connectivity index (χ1) is 7.66. The number of halogens is 1. The molecule has 0 saturated heterocycles. The number of hydrogen-bond acceptors (Lipinski definition) is 3. The summed E-state index contributed by atoms with van der Waals surface area (Å²) in [7, 11) is 0. The second kappa shape index (κ2) is 4.47. The summed E-state index contributed by atoms with van der Waals surface area (Å²) in [6.07, 6.45) is 3.35. The van der Waals surface area contributed by atoms with Crippen molar-refractivity contribution in [2.24, 2.45) is 0 Å². The molecule has 1 aliphatic rings. The summed E-state index contributed by atoms with van der Waals surface area (Å²) in [6.45, 7) is 0.429. The summed E-state index contributed by atoms with van der Waals surface area (Å²) >= 11 is 0. The molecule has 0 aromatic carbocycles. The van der Waals surface area contributed by atoms with Gasteiger partial charge in [-0.25, -0.2) is 9.37 Å². The quantitative estimate of drug-likeness (QED) is 0.826. The molecule has 86 valence electrons. The van der Waals surface area contributed by atoms with E-state index in [-0.39, 0.29) is 12.2 Å². The predicted octanol–water partition coefficient (Wildman–Crippen LogP) is 1.66. The summed E-state index contributed by atoms with van der Waals surface area (Å²) in [5.74, 6) is -0.546. The van der Waals surface area contributed by atoms with Crippen molar-refractivity contribution in [2.45, 2.75) is 25.3 Å². The molecule has 1 N–H and O–H groups in total. The highest BCUT2D eigenvalue weighted by molar-refractivity contribution is 5.67. The van der Waals surface area contributed by atoms with E-state index in [0.29, 0.717) is 18.4 Å². The minimum atomic E-state index is -0.826. The molecule has 5 heteroatoms. The number of carbonyl (C=O) groups is 1. The minimum Gasteiger partial charge on any atom is -0.481 e. The number of rotatable bonds is 5. The first-order valence-electron chi connectivity index (χ1n) is 5.27. The predicted molar refractivity (Wildman–Crippen MR) is 56.8 cm³/mol. The molecule has 0 spiro atoms. The maximum Gasteiger partial charge on any atom is 0.305 e. The normalized spacial score (nSPS) is 14.8. The topological polar surface area (TPSA) is 53.4 Å². The third kappa shape index (κ3) is 2.68. The lowest BCUT2D eigenvalue weighted by Crippen LogP contribution is -2.29. The molecule has 1 aromatic rings. The Morgan fingerprint density at radius 1 is 1.56 bits per heavy atom. The zero-order valence-electron chi connectivity index (χ0n) is 8.77. The van der Waals surface area contributed by atoms with Gasteiger partial charge in [0.05, 0.1) is 12.6 Å². The van der Waals surface area contributed by atoms with E-state index in [1.54, 1.807) is 6.07 Å². The van der Waals surface area contributed by atoms with Crippen LogP contribution < -0.4 is 4.90 Å². The number of pyridine rings is 1. The second-order valence-electron chi connectivity index (χ2n) is 3.90. The van der Waals surface area contributed by atoms with Gasteiger partial charge >= 0.3 is 5.97 Å². The van der Waals surface area contributed by atoms with Crippen molar-refractivity contribution in [3.8, 4) is 0 Å². The average Bonchev–Trinajstić information content (AvgIpc) is 3.04. The van der Waals surface area contributed by atoms with Crippen molar-refractivity contribution >= 4 is 11.8 Å². The third-order valence-electron chi connectivity index (χ3n) is 2.56. The lowest BCUT2D eigenvalue weighted by Gasteiger charge is -2.22. The Kier molecular flexibility index (Phi) is 3.03. The number of anilines is 1. The van der Waals surface area contributed by atoms with Crippen LogP contribution in [-0.2, 0) is 4.79 Å². The highest BCUT2D eigenvalue weighted by Crippen LogP contribution is 2.30. The molecular weight excluding hydrogens is 211 g/mol. The fourth-order valence-electron chi connectivity index (χ4n) is 1.62. The van der Waals surface area contributed by atoms with Crippen LogP contribution in [-0.4, -0.2) is 28.6 Å². The average molecular weight is 224 g/mol. The minimum absolute atomic E-state index is 0.0789. The van der Waals surface area contributed by atoms with Gasteiger partial charge in [0, 0.05) is 12.6 Å². The van der Waals surface area contributed by atoms with Crippen molar-refractivity contribution < 1.29 is 14.3 Å². The Hall–Kier alpha value is -1.65. The van der Waals surface area contributed by atoms with E-state index in [0.717, 1.165) is 19.0 Å². The number of hydrogen-bond donors (Lipinski definition) is 1. The Balaban J connectivity index is 2.06. The van der Waals surface area contributed by atoms with E-state index in [1.807, 2.05) is 4.90 Å². The lowest BCUT2D eigenvalue weighted by atomic mass is 10.3. The van der Waals surface area contributed by atoms with Gasteiger partial charge in [0.2, 0.25) is 0 Å². The summed E-state index contributed by atoms with van der Waals surface area (Å²) in [5.41, 5.74) is 0. The van der Waals surface area contributed by atoms with Crippen molar-refractivity contribution in [3.63, 3.8) is 0 Å². The molecule has 4 nitrogen and oxygen atoms in total. The zero-order chi connectivity index (χ0) is 11.5. The molecule has 1 saturated carbocycles. The SMILES string of the molecule is O=C(O)CCN(c1ccc(F)cn1)C1CC1. The van der Waals surface area contributed by atoms with Gasteiger partial charge in [-0.15, -0.1) is 0 Å². The summed E-state index contributed by atoms with van der Waals surface area (Å²) in [6, 6.07) is 3.31. The summed E-state index contributed by atoms with van der Waals surface area (Å²) in [4.78, 5) is 16.4. The van der Waals surface area contributed by atoms with Crippen LogP contribution in [0.5, 0.6) is 0 Å². The van der Waals surface area contributed by atoms with E-state index < -0.39 is 5.97 Å². The maximum absolute atomic E-state index is 12.7. The number of aliphatic carboxylic acids is 1. The number of nitrogens with zero attached hydrogens (tertiary/aromatic N) is 2. The number of carboxylic acid groups (broad SMARTS) is 1. The van der Waals surface area contributed by atoms with Crippen molar-refractivity contribution in [1.82, 2.24) is 4.98 Å². The van der Waals surface area contributed by atoms with E-state index in [1.165, 1.54) is 6.07 Å². The van der Waals surface area contributed by atoms with Crippen molar-refractivity contribution in [2.75, 3.05) is 11.4 Å². The van der Waals surface area contributed by atoms with E-state index in [2.05, 4.69) is 4.98 Å². The van der Waals surface area contributed by atoms with E-state index in [4.69, 9.17) is 5.11 Å². The molecule has 0 bridgehead atoms. The van der Waals surface area contributed by atoms with Gasteiger partial charge in [-0.1, -0.05) is 0 Å². The van der Waals surface area contributed by atoms with Gasteiger partial charge in [-0.3, -0.25) is 4.79 Å². The Morgan fingerprint density at radius 2 is 2.31 bits per heavy atom. The summed E-state index contributed by atoms with van der Waals surface area (Å²) in [5, 5.41) is 8.65. The van der Waals surface area contributed by atoms with Crippen LogP contribution in [0.3, 0.4) is 0 Å². The van der Waals surface area contributed by atoms with Crippen molar-refractivity contribution in [1.29, 1.82) is 0 Å². The standard InChI is InChI=1S/C11H13FN2O2/c12-8-1-4-10(13-7-8)14(9-2-3-9)6-5-11(15)16/h1,4,7,9H,2-3,5-6H2,(H,15,16). The molecule has 0 amide bonds. The smallest absolute Gasteiger partial charge is 0.305 e. The molecule has 1 fully saturated rings. The molecule has 2 rings (SSSR count). The zero-order valence-corrected chi connectivity index (χ0v) is 8.77. The molecule has 1 aromatic heterocycles. The Bertz CT molecular complexity index is 376. The molecule has 0 unspecified atom stereocenters. The van der Waals surface area contributed by atoms with Crippen molar-refractivity contribution in [3.05, 3.63) is 24.1 Å². The fourth-order valence-corrected chi connectivity index (χ4v) is 1.62. The molecule has 0 radical (unpaired) electrons. The molecular formula is C11H13FN2O2. The Morgan fingerprint density at radius 3 is 2.81 bits per heavy atom. The largest absolute Gasteiger partial charge is 0.481 e. The second-order valence-corrected chi connectivity index (χ2v) is 3.90. The number of carboxylic acids is 1. The first kappa shape index (κ1) is 10.9. The van der Waals surface area contributed by atoms with Crippen LogP contribution in [0.1, 0.15) is 19.3 Å². The van der Waals surface area contributed by atoms with Gasteiger partial charge in [-0.2, -0.15) is 0 Å². The molecule has 1 aliphatic carbocycles. The van der Waals surface area contributed by atoms with Crippen LogP contribution in [0, 0.1) is 5.82 Å². The van der Waals surface area contributed by atoms with Gasteiger partial charge in [0.1, 0.15) is 11.6 Å². The highest BCUT2D eigenvalue weighted by Gasteiger charge is 2.30. The van der Waals surface area contributed by atoms with Gasteiger partial charge in [0.25, 0.3) is 0 Å².